The minimum absolute atomic E-state index is 0.455. The lowest BCUT2D eigenvalue weighted by Crippen LogP contribution is -1.97. The fourth-order valence-electron chi connectivity index (χ4n) is 1.30. The van der Waals surface area contributed by atoms with E-state index < -0.39 is 5.97 Å². The third-order valence-corrected chi connectivity index (χ3v) is 1.83. The largest absolute Gasteiger partial charge is 0.478 e. The second-order valence-electron chi connectivity index (χ2n) is 3.03. The third kappa shape index (κ3) is 5.96. The molecule has 0 unspecified atom stereocenters. The van der Waals surface area contributed by atoms with Crippen molar-refractivity contribution < 1.29 is 9.90 Å². The molecule has 0 radical (unpaired) electrons. The SMILES string of the molecule is CCCC(/C=C/C(=O)O)CCC. The lowest BCUT2D eigenvalue weighted by molar-refractivity contribution is -0.131. The Bertz CT molecular complexity index is 144. The summed E-state index contributed by atoms with van der Waals surface area (Å²) in [4.78, 5) is 10.2. The Morgan fingerprint density at radius 2 is 1.83 bits per heavy atom. The summed E-state index contributed by atoms with van der Waals surface area (Å²) in [6, 6.07) is 0. The van der Waals surface area contributed by atoms with Gasteiger partial charge < -0.3 is 5.11 Å². The summed E-state index contributed by atoms with van der Waals surface area (Å²) >= 11 is 0. The molecule has 0 aromatic carbocycles. The maximum Gasteiger partial charge on any atom is 0.327 e. The second kappa shape index (κ2) is 6.89. The van der Waals surface area contributed by atoms with Gasteiger partial charge in [0.25, 0.3) is 0 Å². The van der Waals surface area contributed by atoms with Crippen LogP contribution in [0.2, 0.25) is 0 Å². The molecule has 0 saturated carbocycles. The standard InChI is InChI=1S/C10H18O2/c1-3-5-9(6-4-2)7-8-10(11)12/h7-9H,3-6H2,1-2H3,(H,11,12)/b8-7+. The molecule has 2 nitrogen and oxygen atoms in total. The summed E-state index contributed by atoms with van der Waals surface area (Å²) in [5.74, 6) is -0.386. The zero-order chi connectivity index (χ0) is 9.40. The first kappa shape index (κ1) is 11.2. The highest BCUT2D eigenvalue weighted by Crippen LogP contribution is 2.14. The van der Waals surface area contributed by atoms with Crippen LogP contribution in [0.1, 0.15) is 39.5 Å². The maximum atomic E-state index is 10.2. The van der Waals surface area contributed by atoms with Crippen LogP contribution < -0.4 is 0 Å². The number of hydrogen-bond acceptors (Lipinski definition) is 1. The van der Waals surface area contributed by atoms with Crippen LogP contribution >= 0.6 is 0 Å². The quantitative estimate of drug-likeness (QED) is 0.622. The van der Waals surface area contributed by atoms with Gasteiger partial charge in [0.15, 0.2) is 0 Å². The van der Waals surface area contributed by atoms with Crippen molar-refractivity contribution in [1.82, 2.24) is 0 Å². The van der Waals surface area contributed by atoms with Crippen LogP contribution in [-0.2, 0) is 4.79 Å². The Labute approximate surface area is 74.3 Å². The molecule has 0 heterocycles. The van der Waals surface area contributed by atoms with Crippen molar-refractivity contribution in [3.05, 3.63) is 12.2 Å². The van der Waals surface area contributed by atoms with E-state index in [9.17, 15) is 4.79 Å². The molecule has 0 atom stereocenters. The van der Waals surface area contributed by atoms with Gasteiger partial charge >= 0.3 is 5.97 Å². The highest BCUT2D eigenvalue weighted by atomic mass is 16.4. The molecule has 12 heavy (non-hydrogen) atoms. The molecule has 0 aromatic heterocycles. The predicted octanol–water partition coefficient (Wildman–Crippen LogP) is 2.84. The molecule has 0 spiro atoms. The average Bonchev–Trinajstić information content (AvgIpc) is 2.01. The fourth-order valence-corrected chi connectivity index (χ4v) is 1.30. The molecule has 0 aliphatic rings. The number of rotatable bonds is 6. The van der Waals surface area contributed by atoms with Crippen molar-refractivity contribution in [2.24, 2.45) is 5.92 Å². The van der Waals surface area contributed by atoms with Gasteiger partial charge in [-0.05, 0) is 18.8 Å². The van der Waals surface area contributed by atoms with Gasteiger partial charge in [0.2, 0.25) is 0 Å². The van der Waals surface area contributed by atoms with Crippen LogP contribution in [-0.4, -0.2) is 11.1 Å². The van der Waals surface area contributed by atoms with E-state index in [4.69, 9.17) is 5.11 Å². The molecule has 2 heteroatoms. The molecule has 70 valence electrons. The van der Waals surface area contributed by atoms with Crippen molar-refractivity contribution in [1.29, 1.82) is 0 Å². The molecule has 0 fully saturated rings. The van der Waals surface area contributed by atoms with E-state index in [-0.39, 0.29) is 0 Å². The number of hydrogen-bond donors (Lipinski definition) is 1. The molecule has 0 aromatic rings. The zero-order valence-electron chi connectivity index (χ0n) is 7.92. The van der Waals surface area contributed by atoms with Crippen LogP contribution in [0, 0.1) is 5.92 Å². The number of carboxylic acid groups (broad SMARTS) is 1. The van der Waals surface area contributed by atoms with Crippen LogP contribution in [0.3, 0.4) is 0 Å². The molecule has 0 rings (SSSR count). The summed E-state index contributed by atoms with van der Waals surface area (Å²) in [6.45, 7) is 4.24. The van der Waals surface area contributed by atoms with Crippen LogP contribution in [0.4, 0.5) is 0 Å². The first-order valence-electron chi connectivity index (χ1n) is 4.61. The Morgan fingerprint density at radius 3 is 2.17 bits per heavy atom. The minimum Gasteiger partial charge on any atom is -0.478 e. The third-order valence-electron chi connectivity index (χ3n) is 1.83. The van der Waals surface area contributed by atoms with Gasteiger partial charge in [-0.1, -0.05) is 32.8 Å². The van der Waals surface area contributed by atoms with Gasteiger partial charge in [-0.3, -0.25) is 0 Å². The van der Waals surface area contributed by atoms with Crippen molar-refractivity contribution in [2.75, 3.05) is 0 Å². The molecule has 0 amide bonds. The van der Waals surface area contributed by atoms with Crippen LogP contribution in [0.15, 0.2) is 12.2 Å². The van der Waals surface area contributed by atoms with Crippen LogP contribution in [0.25, 0.3) is 0 Å². The molecular weight excluding hydrogens is 152 g/mol. The predicted molar refractivity (Wildman–Crippen MR) is 50.1 cm³/mol. The summed E-state index contributed by atoms with van der Waals surface area (Å²) in [5, 5.41) is 8.41. The van der Waals surface area contributed by atoms with Gasteiger partial charge in [0.05, 0.1) is 0 Å². The molecule has 0 bridgehead atoms. The van der Waals surface area contributed by atoms with Gasteiger partial charge in [-0.15, -0.1) is 0 Å². The molecule has 0 saturated heterocycles. The van der Waals surface area contributed by atoms with Crippen molar-refractivity contribution in [3.63, 3.8) is 0 Å². The normalized spacial score (nSPS) is 11.2. The summed E-state index contributed by atoms with van der Waals surface area (Å²) in [7, 11) is 0. The Morgan fingerprint density at radius 1 is 1.33 bits per heavy atom. The molecule has 0 aliphatic carbocycles. The highest BCUT2D eigenvalue weighted by molar-refractivity contribution is 5.79. The number of aliphatic carboxylic acids is 1. The van der Waals surface area contributed by atoms with E-state index >= 15 is 0 Å². The maximum absolute atomic E-state index is 10.2. The lowest BCUT2D eigenvalue weighted by atomic mass is 9.98. The lowest BCUT2D eigenvalue weighted by Gasteiger charge is -2.08. The van der Waals surface area contributed by atoms with Gasteiger partial charge in [0, 0.05) is 6.08 Å². The summed E-state index contributed by atoms with van der Waals surface area (Å²) in [6.07, 6.45) is 7.50. The zero-order valence-corrected chi connectivity index (χ0v) is 7.92. The van der Waals surface area contributed by atoms with E-state index in [1.54, 1.807) is 0 Å². The van der Waals surface area contributed by atoms with Gasteiger partial charge in [0.1, 0.15) is 0 Å². The van der Waals surface area contributed by atoms with Gasteiger partial charge in [-0.2, -0.15) is 0 Å². The first-order chi connectivity index (χ1) is 5.70. The topological polar surface area (TPSA) is 37.3 Å². The Kier molecular flexibility index (Phi) is 6.44. The molecular formula is C10H18O2. The van der Waals surface area contributed by atoms with E-state index in [2.05, 4.69) is 13.8 Å². The summed E-state index contributed by atoms with van der Waals surface area (Å²) in [5.41, 5.74) is 0. The second-order valence-corrected chi connectivity index (χ2v) is 3.03. The number of carboxylic acids is 1. The van der Waals surface area contributed by atoms with E-state index in [1.165, 1.54) is 6.08 Å². The van der Waals surface area contributed by atoms with Crippen molar-refractivity contribution in [2.45, 2.75) is 39.5 Å². The molecule has 0 aliphatic heterocycles. The van der Waals surface area contributed by atoms with E-state index in [0.717, 1.165) is 25.7 Å². The Hall–Kier alpha value is -0.790. The number of allylic oxidation sites excluding steroid dienone is 1. The van der Waals surface area contributed by atoms with Crippen molar-refractivity contribution in [3.8, 4) is 0 Å². The highest BCUT2D eigenvalue weighted by Gasteiger charge is 2.01. The monoisotopic (exact) mass is 170 g/mol. The summed E-state index contributed by atoms with van der Waals surface area (Å²) < 4.78 is 0. The average molecular weight is 170 g/mol. The minimum atomic E-state index is -0.841. The van der Waals surface area contributed by atoms with E-state index in [0.29, 0.717) is 5.92 Å². The smallest absolute Gasteiger partial charge is 0.327 e. The fraction of sp³-hybridized carbons (Fsp3) is 0.700. The van der Waals surface area contributed by atoms with Crippen LogP contribution in [0.5, 0.6) is 0 Å². The number of carbonyl (C=O) groups is 1. The van der Waals surface area contributed by atoms with E-state index in [1.807, 2.05) is 6.08 Å². The first-order valence-corrected chi connectivity index (χ1v) is 4.61. The molecule has 1 N–H and O–H groups in total. The van der Waals surface area contributed by atoms with Gasteiger partial charge in [-0.25, -0.2) is 4.79 Å². The Balaban J connectivity index is 3.84. The van der Waals surface area contributed by atoms with Crippen molar-refractivity contribution >= 4 is 5.97 Å².